The first-order chi connectivity index (χ1) is 10.7. The second-order valence-electron chi connectivity index (χ2n) is 5.99. The molecule has 0 saturated carbocycles. The zero-order valence-corrected chi connectivity index (χ0v) is 14.1. The van der Waals surface area contributed by atoms with Crippen LogP contribution in [0, 0.1) is 0 Å². The molecule has 2 aromatic rings. The normalized spacial score (nSPS) is 20.2. The van der Waals surface area contributed by atoms with Gasteiger partial charge in [-0.05, 0) is 42.3 Å². The van der Waals surface area contributed by atoms with Crippen LogP contribution in [0.3, 0.4) is 0 Å². The Morgan fingerprint density at radius 2 is 2.04 bits per heavy atom. The molecule has 0 spiro atoms. The third-order valence-electron chi connectivity index (χ3n) is 4.35. The van der Waals surface area contributed by atoms with Crippen LogP contribution in [0.4, 0.5) is 0 Å². The van der Waals surface area contributed by atoms with Crippen LogP contribution in [0.2, 0.25) is 0 Å². The number of benzene rings is 2. The van der Waals surface area contributed by atoms with Crippen LogP contribution in [-0.2, 0) is 4.74 Å². The molecule has 2 N–H and O–H groups in total. The van der Waals surface area contributed by atoms with E-state index in [1.54, 1.807) is 7.11 Å². The summed E-state index contributed by atoms with van der Waals surface area (Å²) >= 11 is 0. The molecule has 1 amide bonds. The van der Waals surface area contributed by atoms with Gasteiger partial charge in [-0.25, -0.2) is 0 Å². The van der Waals surface area contributed by atoms with Gasteiger partial charge in [0.05, 0.1) is 12.1 Å². The molecule has 0 aromatic heterocycles. The van der Waals surface area contributed by atoms with Gasteiger partial charge in [0, 0.05) is 19.2 Å². The minimum Gasteiger partial charge on any atom is -0.383 e. The van der Waals surface area contributed by atoms with Crippen molar-refractivity contribution in [2.45, 2.75) is 18.4 Å². The Labute approximate surface area is 143 Å². The summed E-state index contributed by atoms with van der Waals surface area (Å²) in [6, 6.07) is 13.9. The first kappa shape index (κ1) is 17.7. The molecule has 23 heavy (non-hydrogen) atoms. The van der Waals surface area contributed by atoms with Gasteiger partial charge in [0.15, 0.2) is 0 Å². The number of rotatable bonds is 5. The van der Waals surface area contributed by atoms with E-state index in [9.17, 15) is 4.79 Å². The van der Waals surface area contributed by atoms with Crippen LogP contribution >= 0.6 is 12.4 Å². The summed E-state index contributed by atoms with van der Waals surface area (Å²) in [5.74, 6) is -0.0325. The van der Waals surface area contributed by atoms with Gasteiger partial charge in [-0.2, -0.15) is 0 Å². The molecule has 1 heterocycles. The maximum atomic E-state index is 12.4. The summed E-state index contributed by atoms with van der Waals surface area (Å²) in [5.41, 5.74) is 0.575. The number of carbonyl (C=O) groups excluding carboxylic acids is 1. The van der Waals surface area contributed by atoms with Crippen molar-refractivity contribution < 1.29 is 9.53 Å². The Hall–Kier alpha value is -1.62. The number of amides is 1. The molecular formula is C18H23ClN2O2. The number of nitrogens with one attached hydrogen (secondary N) is 2. The highest BCUT2D eigenvalue weighted by Gasteiger charge is 2.33. The maximum absolute atomic E-state index is 12.4. The van der Waals surface area contributed by atoms with Crippen molar-refractivity contribution in [3.63, 3.8) is 0 Å². The number of methoxy groups -OCH3 is 1. The van der Waals surface area contributed by atoms with Gasteiger partial charge in [-0.3, -0.25) is 4.79 Å². The average Bonchev–Trinajstić information content (AvgIpc) is 3.01. The smallest absolute Gasteiger partial charge is 0.251 e. The second kappa shape index (κ2) is 7.77. The third-order valence-corrected chi connectivity index (χ3v) is 4.35. The van der Waals surface area contributed by atoms with E-state index in [0.29, 0.717) is 18.7 Å². The average molecular weight is 335 g/mol. The predicted octanol–water partition coefficient (Wildman–Crippen LogP) is 2.76. The zero-order valence-electron chi connectivity index (χ0n) is 13.3. The van der Waals surface area contributed by atoms with E-state index >= 15 is 0 Å². The molecule has 124 valence electrons. The second-order valence-corrected chi connectivity index (χ2v) is 5.99. The first-order valence-electron chi connectivity index (χ1n) is 7.73. The summed E-state index contributed by atoms with van der Waals surface area (Å²) in [6.45, 7) is 2.19. The Bertz CT molecular complexity index is 669. The molecule has 1 saturated heterocycles. The Morgan fingerprint density at radius 3 is 2.74 bits per heavy atom. The van der Waals surface area contributed by atoms with E-state index in [1.165, 1.54) is 0 Å². The molecule has 0 aliphatic carbocycles. The Balaban J connectivity index is 0.00000192. The maximum Gasteiger partial charge on any atom is 0.251 e. The third kappa shape index (κ3) is 4.02. The van der Waals surface area contributed by atoms with Crippen molar-refractivity contribution >= 4 is 29.1 Å². The number of carbonyl (C=O) groups is 1. The quantitative estimate of drug-likeness (QED) is 0.884. The van der Waals surface area contributed by atoms with E-state index in [0.717, 1.165) is 30.2 Å². The van der Waals surface area contributed by atoms with Crippen molar-refractivity contribution in [2.24, 2.45) is 0 Å². The number of hydrogen-bond donors (Lipinski definition) is 2. The summed E-state index contributed by atoms with van der Waals surface area (Å²) < 4.78 is 5.31. The number of fused-ring (bicyclic) bond motifs is 1. The Morgan fingerprint density at radius 1 is 1.26 bits per heavy atom. The predicted molar refractivity (Wildman–Crippen MR) is 95.4 cm³/mol. The SMILES string of the molecule is COCC1(CNC(=O)c2ccc3ccccc3c2)CCCN1.Cl. The standard InChI is InChI=1S/C18H22N2O2.ClH/c1-22-13-18(9-4-10-20-18)12-19-17(21)16-8-7-14-5-2-3-6-15(14)11-16;/h2-3,5-8,11,20H,4,9-10,12-13H2,1H3,(H,19,21);1H. The van der Waals surface area contributed by atoms with Gasteiger partial charge in [0.1, 0.15) is 0 Å². The fraction of sp³-hybridized carbons (Fsp3) is 0.389. The molecule has 4 nitrogen and oxygen atoms in total. The van der Waals surface area contributed by atoms with E-state index in [2.05, 4.69) is 10.6 Å². The summed E-state index contributed by atoms with van der Waals surface area (Å²) in [6.07, 6.45) is 2.15. The monoisotopic (exact) mass is 334 g/mol. The lowest BCUT2D eigenvalue weighted by Gasteiger charge is -2.29. The fourth-order valence-corrected chi connectivity index (χ4v) is 3.15. The number of ether oxygens (including phenoxy) is 1. The van der Waals surface area contributed by atoms with Crippen molar-refractivity contribution in [1.82, 2.24) is 10.6 Å². The largest absolute Gasteiger partial charge is 0.383 e. The molecule has 3 rings (SSSR count). The highest BCUT2D eigenvalue weighted by molar-refractivity contribution is 5.98. The molecule has 5 heteroatoms. The molecular weight excluding hydrogens is 312 g/mol. The van der Waals surface area contributed by atoms with Gasteiger partial charge in [-0.15, -0.1) is 12.4 Å². The van der Waals surface area contributed by atoms with E-state index in [4.69, 9.17) is 4.74 Å². The molecule has 1 unspecified atom stereocenters. The van der Waals surface area contributed by atoms with Gasteiger partial charge in [0.25, 0.3) is 5.91 Å². The molecule has 1 aliphatic rings. The minimum atomic E-state index is -0.124. The lowest BCUT2D eigenvalue weighted by molar-refractivity contribution is 0.0892. The first-order valence-corrected chi connectivity index (χ1v) is 7.73. The summed E-state index contributed by atoms with van der Waals surface area (Å²) in [4.78, 5) is 12.4. The van der Waals surface area contributed by atoms with Crippen LogP contribution in [0.1, 0.15) is 23.2 Å². The topological polar surface area (TPSA) is 50.4 Å². The number of hydrogen-bond acceptors (Lipinski definition) is 3. The summed E-state index contributed by atoms with van der Waals surface area (Å²) in [5, 5.41) is 8.75. The molecule has 1 atom stereocenters. The van der Waals surface area contributed by atoms with E-state index < -0.39 is 0 Å². The van der Waals surface area contributed by atoms with Gasteiger partial charge < -0.3 is 15.4 Å². The van der Waals surface area contributed by atoms with Gasteiger partial charge in [0.2, 0.25) is 0 Å². The molecule has 0 radical (unpaired) electrons. The van der Waals surface area contributed by atoms with Crippen LogP contribution in [0.5, 0.6) is 0 Å². The van der Waals surface area contributed by atoms with Crippen molar-refractivity contribution in [3.8, 4) is 0 Å². The molecule has 2 aromatic carbocycles. The van der Waals surface area contributed by atoms with Crippen LogP contribution < -0.4 is 10.6 Å². The van der Waals surface area contributed by atoms with Crippen molar-refractivity contribution in [3.05, 3.63) is 48.0 Å². The highest BCUT2D eigenvalue weighted by Crippen LogP contribution is 2.19. The minimum absolute atomic E-state index is 0. The van der Waals surface area contributed by atoms with E-state index in [-0.39, 0.29) is 23.9 Å². The zero-order chi connectivity index (χ0) is 15.4. The van der Waals surface area contributed by atoms with Gasteiger partial charge in [-0.1, -0.05) is 30.3 Å². The van der Waals surface area contributed by atoms with Crippen molar-refractivity contribution in [1.29, 1.82) is 0 Å². The van der Waals surface area contributed by atoms with Crippen LogP contribution in [0.15, 0.2) is 42.5 Å². The Kier molecular flexibility index (Phi) is 5.99. The van der Waals surface area contributed by atoms with Crippen LogP contribution in [0.25, 0.3) is 10.8 Å². The number of halogens is 1. The van der Waals surface area contributed by atoms with Crippen molar-refractivity contribution in [2.75, 3.05) is 26.8 Å². The highest BCUT2D eigenvalue weighted by atomic mass is 35.5. The molecule has 1 fully saturated rings. The summed E-state index contributed by atoms with van der Waals surface area (Å²) in [7, 11) is 1.70. The molecule has 1 aliphatic heterocycles. The van der Waals surface area contributed by atoms with Gasteiger partial charge >= 0.3 is 0 Å². The molecule has 0 bridgehead atoms. The van der Waals surface area contributed by atoms with Crippen LogP contribution in [-0.4, -0.2) is 38.3 Å². The van der Waals surface area contributed by atoms with E-state index in [1.807, 2.05) is 42.5 Å². The lowest BCUT2D eigenvalue weighted by Crippen LogP contribution is -2.52. The lowest BCUT2D eigenvalue weighted by atomic mass is 9.98. The fourth-order valence-electron chi connectivity index (χ4n) is 3.15.